The lowest BCUT2D eigenvalue weighted by Crippen LogP contribution is -2.45. The van der Waals surface area contributed by atoms with Crippen LogP contribution in [0.4, 0.5) is 8.78 Å². The second-order valence-electron chi connectivity index (χ2n) is 19.1. The minimum Gasteiger partial charge on any atom is -0.394 e. The summed E-state index contributed by atoms with van der Waals surface area (Å²) in [6, 6.07) is 24.7. The third kappa shape index (κ3) is 12.5. The monoisotopic (exact) mass is 1100 g/mol. The van der Waals surface area contributed by atoms with Gasteiger partial charge < -0.3 is 60.2 Å². The highest BCUT2D eigenvalue weighted by atomic mass is 19.3. The van der Waals surface area contributed by atoms with E-state index in [1.54, 1.807) is 30.5 Å². The number of hydrogen-bond acceptors (Lipinski definition) is 19. The zero-order chi connectivity index (χ0) is 56.8. The third-order valence-corrected chi connectivity index (χ3v) is 13.4. The Hall–Kier alpha value is -6.99. The van der Waals surface area contributed by atoms with Gasteiger partial charge in [-0.05, 0) is 17.7 Å². The smallest absolute Gasteiger partial charge is 0.333 e. The van der Waals surface area contributed by atoms with E-state index in [1.165, 1.54) is 48.8 Å². The van der Waals surface area contributed by atoms with Crippen molar-refractivity contribution in [1.29, 1.82) is 0 Å². The van der Waals surface area contributed by atoms with Crippen LogP contribution in [-0.2, 0) is 45.2 Å². The predicted octanol–water partition coefficient (Wildman–Crippen LogP) is -2.92. The molecule has 9 rings (SSSR count). The number of benzene rings is 2. The Morgan fingerprint density at radius 2 is 0.833 bits per heavy atom. The lowest BCUT2D eigenvalue weighted by atomic mass is 9.84. The molecule has 420 valence electrons. The van der Waals surface area contributed by atoms with Crippen LogP contribution >= 0.6 is 0 Å². The van der Waals surface area contributed by atoms with E-state index in [0.717, 1.165) is 40.7 Å². The fraction of sp³-hybridized carbons (Fsp3) is 0.431. The van der Waals surface area contributed by atoms with Crippen molar-refractivity contribution in [3.8, 4) is 0 Å². The van der Waals surface area contributed by atoms with Crippen LogP contribution in [0.3, 0.4) is 0 Å². The van der Waals surface area contributed by atoms with Crippen molar-refractivity contribution in [2.45, 2.75) is 118 Å². The summed E-state index contributed by atoms with van der Waals surface area (Å²) >= 11 is 0. The molecule has 3 saturated heterocycles. The topological polar surface area (TPSA) is 355 Å². The second-order valence-corrected chi connectivity index (χ2v) is 19.1. The fourth-order valence-corrected chi connectivity index (χ4v) is 8.94. The molecule has 27 heteroatoms. The standard InChI is InChI=1S/C19H24N2O6.C17H18F2N2O6.C15H17N3O6/c1-19(2,12-6-4-3-5-7-12)11-21-14(23)8-9-20(18(21)26)17-16(25)15(24)13(10-22)27-17;18-17(19,10-4-2-1-3-5-10)9-21-12(23)6-7-20(16(21)26)15-14(25)13(24)11(8-22)27-15;19-8-10-12(21)13(22)14(24-10)17-6-4-11(20)18(15(17)23)7-9-3-1-2-5-16-9/h3-9,13,15-17,22,24-25H,10-11H2,1-2H3;1-7,11,13-15,22,24-25H,8-9H2;1-6,10,12-14,19,21-22H,7-8H2/t13-,15?,16+,17-;11-,13?,14+,15-;10-,12?,13+,14-/m111/s1. The van der Waals surface area contributed by atoms with Gasteiger partial charge in [0.05, 0.1) is 38.6 Å². The highest BCUT2D eigenvalue weighted by Gasteiger charge is 2.46. The normalized spacial score (nSPS) is 26.0. The number of hydrogen-bond donors (Lipinski definition) is 9. The van der Waals surface area contributed by atoms with Crippen molar-refractivity contribution in [1.82, 2.24) is 32.4 Å². The maximum atomic E-state index is 14.5. The summed E-state index contributed by atoms with van der Waals surface area (Å²) < 4.78 is 50.2. The first-order valence-electron chi connectivity index (χ1n) is 24.3. The Kier molecular flexibility index (Phi) is 18.6. The summed E-state index contributed by atoms with van der Waals surface area (Å²) in [5.74, 6) is -3.49. The van der Waals surface area contributed by atoms with Crippen molar-refractivity contribution in [2.75, 3.05) is 19.8 Å². The molecule has 0 aliphatic carbocycles. The zero-order valence-corrected chi connectivity index (χ0v) is 41.8. The van der Waals surface area contributed by atoms with Gasteiger partial charge in [-0.25, -0.2) is 14.4 Å². The van der Waals surface area contributed by atoms with Crippen molar-refractivity contribution in [2.24, 2.45) is 0 Å². The Balaban J connectivity index is 0.000000170. The van der Waals surface area contributed by atoms with Gasteiger partial charge in [0.1, 0.15) is 54.9 Å². The molecule has 25 nitrogen and oxygen atoms in total. The summed E-state index contributed by atoms with van der Waals surface area (Å²) in [6.45, 7) is 1.13. The van der Waals surface area contributed by atoms with Gasteiger partial charge >= 0.3 is 17.1 Å². The van der Waals surface area contributed by atoms with Gasteiger partial charge in [0.15, 0.2) is 18.7 Å². The maximum absolute atomic E-state index is 14.5. The minimum absolute atomic E-state index is 0.0336. The molecule has 6 aromatic rings. The Morgan fingerprint density at radius 1 is 0.474 bits per heavy atom. The molecule has 3 unspecified atom stereocenters. The molecule has 12 atom stereocenters. The van der Waals surface area contributed by atoms with E-state index in [2.05, 4.69) is 4.98 Å². The van der Waals surface area contributed by atoms with Crippen LogP contribution in [0, 0.1) is 0 Å². The molecule has 9 N–H and O–H groups in total. The number of ether oxygens (including phenoxy) is 3. The van der Waals surface area contributed by atoms with Crippen LogP contribution in [0.15, 0.2) is 151 Å². The van der Waals surface area contributed by atoms with Crippen LogP contribution in [0.2, 0.25) is 0 Å². The van der Waals surface area contributed by atoms with Gasteiger partial charge in [-0.3, -0.25) is 46.8 Å². The molecule has 0 saturated carbocycles. The molecule has 3 aliphatic heterocycles. The average Bonchev–Trinajstić information content (AvgIpc) is 4.04. The van der Waals surface area contributed by atoms with Crippen molar-refractivity contribution < 1.29 is 69.0 Å². The van der Waals surface area contributed by atoms with Gasteiger partial charge in [-0.1, -0.05) is 80.6 Å². The summed E-state index contributed by atoms with van der Waals surface area (Å²) in [4.78, 5) is 78.5. The molecule has 3 fully saturated rings. The number of aromatic nitrogens is 7. The van der Waals surface area contributed by atoms with E-state index in [-0.39, 0.29) is 18.7 Å². The van der Waals surface area contributed by atoms with E-state index >= 15 is 0 Å². The van der Waals surface area contributed by atoms with Gasteiger partial charge in [0, 0.05) is 60.5 Å². The summed E-state index contributed by atoms with van der Waals surface area (Å²) in [5.41, 5.74) is -3.78. The lowest BCUT2D eigenvalue weighted by molar-refractivity contribution is -0.0577. The molecule has 3 aliphatic rings. The van der Waals surface area contributed by atoms with Gasteiger partial charge in [0.2, 0.25) is 0 Å². The Labute approximate surface area is 439 Å². The molecule has 4 aromatic heterocycles. The summed E-state index contributed by atoms with van der Waals surface area (Å²) in [6.07, 6.45) is -10.5. The average molecular weight is 1100 g/mol. The van der Waals surface area contributed by atoms with Gasteiger partial charge in [-0.2, -0.15) is 8.78 Å². The van der Waals surface area contributed by atoms with Crippen LogP contribution in [0.25, 0.3) is 0 Å². The van der Waals surface area contributed by atoms with Crippen LogP contribution in [0.5, 0.6) is 0 Å². The number of alkyl halides is 2. The van der Waals surface area contributed by atoms with E-state index in [0.29, 0.717) is 10.3 Å². The molecule has 0 bridgehead atoms. The van der Waals surface area contributed by atoms with Gasteiger partial charge in [-0.15, -0.1) is 0 Å². The quantitative estimate of drug-likeness (QED) is 0.0527. The molecule has 0 spiro atoms. The number of aliphatic hydroxyl groups excluding tert-OH is 9. The van der Waals surface area contributed by atoms with Gasteiger partial charge in [0.25, 0.3) is 22.6 Å². The molecular formula is C51H59F2N7O18. The van der Waals surface area contributed by atoms with E-state index in [1.807, 2.05) is 44.2 Å². The molecule has 0 radical (unpaired) electrons. The SMILES string of the molecule is CC(C)(Cn1c(=O)ccn([C@@H]2O[C@H](CO)C(O)[C@@H]2O)c1=O)c1ccccc1.O=c1ccn([C@@H]2O[C@H](CO)C(O)[C@@H]2O)c(=O)n1CC(F)(F)c1ccccc1.O=c1ccn([C@@H]2O[C@H](CO)C(O)[C@@H]2O)c(=O)n1Cc1ccccn1. The number of halogens is 2. The summed E-state index contributed by atoms with van der Waals surface area (Å²) in [5, 5.41) is 87.3. The maximum Gasteiger partial charge on any atom is 0.333 e. The highest BCUT2D eigenvalue weighted by Crippen LogP contribution is 2.32. The van der Waals surface area contributed by atoms with E-state index in [9.17, 15) is 73.3 Å². The van der Waals surface area contributed by atoms with Crippen LogP contribution < -0.4 is 33.7 Å². The summed E-state index contributed by atoms with van der Waals surface area (Å²) in [7, 11) is 0. The number of aliphatic hydroxyl groups is 9. The fourth-order valence-electron chi connectivity index (χ4n) is 8.94. The van der Waals surface area contributed by atoms with E-state index < -0.39 is 145 Å². The first-order valence-corrected chi connectivity index (χ1v) is 24.3. The van der Waals surface area contributed by atoms with Crippen LogP contribution in [0.1, 0.15) is 49.4 Å². The first-order chi connectivity index (χ1) is 37.0. The molecule has 0 amide bonds. The third-order valence-electron chi connectivity index (χ3n) is 13.4. The van der Waals surface area contributed by atoms with E-state index in [4.69, 9.17) is 24.4 Å². The first kappa shape index (κ1) is 58.7. The van der Waals surface area contributed by atoms with Crippen molar-refractivity contribution in [3.63, 3.8) is 0 Å². The molecule has 78 heavy (non-hydrogen) atoms. The zero-order valence-electron chi connectivity index (χ0n) is 41.8. The molecule has 7 heterocycles. The van der Waals surface area contributed by atoms with Crippen LogP contribution in [-0.4, -0.2) is 153 Å². The molecule has 2 aromatic carbocycles. The van der Waals surface area contributed by atoms with Crippen molar-refractivity contribution in [3.05, 3.63) is 201 Å². The Bertz CT molecular complexity index is 3190. The lowest BCUT2D eigenvalue weighted by Gasteiger charge is -2.27. The number of nitrogens with zero attached hydrogens (tertiary/aromatic N) is 7. The largest absolute Gasteiger partial charge is 0.394 e. The number of rotatable bonds is 14. The Morgan fingerprint density at radius 3 is 1.21 bits per heavy atom. The second kappa shape index (κ2) is 24.8. The minimum atomic E-state index is -3.49. The number of pyridine rings is 1. The van der Waals surface area contributed by atoms with Crippen molar-refractivity contribution >= 4 is 0 Å². The molecular weight excluding hydrogens is 1040 g/mol. The predicted molar refractivity (Wildman–Crippen MR) is 267 cm³/mol. The highest BCUT2D eigenvalue weighted by molar-refractivity contribution is 5.23.